The number of tetrazole rings is 1. The van der Waals surface area contributed by atoms with Crippen LogP contribution < -0.4 is 5.32 Å². The fourth-order valence-corrected chi connectivity index (χ4v) is 1.70. The Bertz CT molecular complexity index is 651. The first-order chi connectivity index (χ1) is 9.52. The molecule has 0 spiro atoms. The molecule has 8 nitrogen and oxygen atoms in total. The van der Waals surface area contributed by atoms with Gasteiger partial charge < -0.3 is 10.4 Å². The summed E-state index contributed by atoms with van der Waals surface area (Å²) in [4.78, 5) is 23.3. The summed E-state index contributed by atoms with van der Waals surface area (Å²) < 4.78 is 0. The van der Waals surface area contributed by atoms with E-state index in [1.807, 2.05) is 6.92 Å². The van der Waals surface area contributed by atoms with Crippen LogP contribution in [0.15, 0.2) is 12.1 Å². The Morgan fingerprint density at radius 1 is 1.40 bits per heavy atom. The Labute approximate surface area is 114 Å². The Morgan fingerprint density at radius 2 is 2.15 bits per heavy atom. The van der Waals surface area contributed by atoms with Crippen LogP contribution in [0, 0.1) is 0 Å². The summed E-state index contributed by atoms with van der Waals surface area (Å²) in [7, 11) is 0. The van der Waals surface area contributed by atoms with Crippen molar-refractivity contribution in [1.29, 1.82) is 0 Å². The first-order valence-corrected chi connectivity index (χ1v) is 5.94. The maximum atomic E-state index is 11.8. The van der Waals surface area contributed by atoms with Crippen molar-refractivity contribution in [2.45, 2.75) is 20.3 Å². The van der Waals surface area contributed by atoms with Gasteiger partial charge in [-0.05, 0) is 41.5 Å². The minimum Gasteiger partial charge on any atom is -0.505 e. The van der Waals surface area contributed by atoms with Gasteiger partial charge in [0.25, 0.3) is 5.91 Å². The lowest BCUT2D eigenvalue weighted by Gasteiger charge is -2.11. The molecule has 1 heterocycles. The Hall–Kier alpha value is -2.77. The van der Waals surface area contributed by atoms with E-state index in [0.717, 1.165) is 5.56 Å². The number of Topliss-reactive ketones (excluding diaryl/α,β-unsaturated/α-hetero) is 1. The lowest BCUT2D eigenvalue weighted by Crippen LogP contribution is -2.15. The quantitative estimate of drug-likeness (QED) is 0.563. The fourth-order valence-electron chi connectivity index (χ4n) is 1.70. The van der Waals surface area contributed by atoms with Gasteiger partial charge >= 0.3 is 0 Å². The standard InChI is InChI=1S/C12H13N5O3/c1-3-7-4-8(6(2)18)10(19)9(5-7)13-12(20)11-14-16-17-15-11/h4-5,19H,3H2,1-2H3,(H,13,20)(H,14,15,16,17). The van der Waals surface area contributed by atoms with Crippen molar-refractivity contribution in [2.24, 2.45) is 0 Å². The van der Waals surface area contributed by atoms with Gasteiger partial charge in [-0.25, -0.2) is 5.10 Å². The number of phenols is 1. The van der Waals surface area contributed by atoms with E-state index in [2.05, 4.69) is 25.9 Å². The Balaban J connectivity index is 2.38. The Kier molecular flexibility index (Phi) is 3.74. The number of aryl methyl sites for hydroxylation is 1. The summed E-state index contributed by atoms with van der Waals surface area (Å²) in [5, 5.41) is 24.8. The summed E-state index contributed by atoms with van der Waals surface area (Å²) in [5.74, 6) is -1.24. The van der Waals surface area contributed by atoms with Crippen LogP contribution in [0.2, 0.25) is 0 Å². The zero-order valence-corrected chi connectivity index (χ0v) is 11.0. The SMILES string of the molecule is CCc1cc(NC(=O)c2nnn[nH]2)c(O)c(C(C)=O)c1. The van der Waals surface area contributed by atoms with E-state index >= 15 is 0 Å². The smallest absolute Gasteiger partial charge is 0.295 e. The van der Waals surface area contributed by atoms with Crippen molar-refractivity contribution >= 4 is 17.4 Å². The van der Waals surface area contributed by atoms with Gasteiger partial charge in [-0.1, -0.05) is 6.92 Å². The molecule has 1 aromatic heterocycles. The molecule has 3 N–H and O–H groups in total. The van der Waals surface area contributed by atoms with Crippen molar-refractivity contribution in [1.82, 2.24) is 20.6 Å². The maximum Gasteiger partial charge on any atom is 0.295 e. The third-order valence-electron chi connectivity index (χ3n) is 2.77. The monoisotopic (exact) mass is 275 g/mol. The highest BCUT2D eigenvalue weighted by Crippen LogP contribution is 2.30. The number of amides is 1. The van der Waals surface area contributed by atoms with Gasteiger partial charge in [-0.2, -0.15) is 0 Å². The molecule has 0 saturated heterocycles. The highest BCUT2D eigenvalue weighted by atomic mass is 16.3. The summed E-state index contributed by atoms with van der Waals surface area (Å²) in [6.45, 7) is 3.25. The van der Waals surface area contributed by atoms with E-state index in [-0.39, 0.29) is 28.6 Å². The number of aromatic hydroxyl groups is 1. The fraction of sp³-hybridized carbons (Fsp3) is 0.250. The number of hydrogen-bond acceptors (Lipinski definition) is 6. The van der Waals surface area contributed by atoms with Crippen LogP contribution >= 0.6 is 0 Å². The second-order valence-electron chi connectivity index (χ2n) is 4.15. The highest BCUT2D eigenvalue weighted by Gasteiger charge is 2.17. The number of hydrogen-bond donors (Lipinski definition) is 3. The number of aromatic nitrogens is 4. The average molecular weight is 275 g/mol. The largest absolute Gasteiger partial charge is 0.505 e. The van der Waals surface area contributed by atoms with Gasteiger partial charge in [0.2, 0.25) is 5.82 Å². The molecule has 104 valence electrons. The number of benzene rings is 1. The molecule has 1 aromatic carbocycles. The second kappa shape index (κ2) is 5.47. The van der Waals surface area contributed by atoms with Gasteiger partial charge in [0, 0.05) is 0 Å². The molecule has 0 radical (unpaired) electrons. The summed E-state index contributed by atoms with van der Waals surface area (Å²) >= 11 is 0. The van der Waals surface area contributed by atoms with E-state index in [9.17, 15) is 14.7 Å². The number of anilines is 1. The summed E-state index contributed by atoms with van der Waals surface area (Å²) in [6.07, 6.45) is 0.660. The molecule has 20 heavy (non-hydrogen) atoms. The summed E-state index contributed by atoms with van der Waals surface area (Å²) in [6, 6.07) is 3.20. The average Bonchev–Trinajstić information content (AvgIpc) is 2.94. The number of nitrogens with zero attached hydrogens (tertiary/aromatic N) is 3. The topological polar surface area (TPSA) is 121 Å². The molecule has 2 rings (SSSR count). The summed E-state index contributed by atoms with van der Waals surface area (Å²) in [5.41, 5.74) is 1.13. The van der Waals surface area contributed by atoms with Crippen molar-refractivity contribution in [2.75, 3.05) is 5.32 Å². The lowest BCUT2D eigenvalue weighted by molar-refractivity contribution is 0.1000. The second-order valence-corrected chi connectivity index (χ2v) is 4.15. The van der Waals surface area contributed by atoms with Crippen LogP contribution in [0.3, 0.4) is 0 Å². The van der Waals surface area contributed by atoms with Gasteiger partial charge in [-0.15, -0.1) is 5.10 Å². The third kappa shape index (κ3) is 2.63. The number of nitrogens with one attached hydrogen (secondary N) is 2. The number of ketones is 1. The minimum atomic E-state index is -0.604. The van der Waals surface area contributed by atoms with Crippen molar-refractivity contribution in [3.8, 4) is 5.75 Å². The molecule has 0 bridgehead atoms. The van der Waals surface area contributed by atoms with E-state index in [1.165, 1.54) is 6.92 Å². The van der Waals surface area contributed by atoms with Gasteiger partial charge in [-0.3, -0.25) is 9.59 Å². The molecule has 0 saturated carbocycles. The normalized spacial score (nSPS) is 10.3. The van der Waals surface area contributed by atoms with Crippen LogP contribution in [0.1, 0.15) is 40.4 Å². The first-order valence-electron chi connectivity index (χ1n) is 5.94. The van der Waals surface area contributed by atoms with E-state index in [0.29, 0.717) is 6.42 Å². The molecular weight excluding hydrogens is 262 g/mol. The minimum absolute atomic E-state index is 0.0873. The predicted octanol–water partition coefficient (Wildman–Crippen LogP) is 0.923. The molecule has 0 fully saturated rings. The number of phenolic OH excluding ortho intramolecular Hbond substituents is 1. The van der Waals surface area contributed by atoms with E-state index in [4.69, 9.17) is 0 Å². The van der Waals surface area contributed by atoms with E-state index in [1.54, 1.807) is 12.1 Å². The molecule has 0 aliphatic heterocycles. The van der Waals surface area contributed by atoms with Crippen molar-refractivity contribution < 1.29 is 14.7 Å². The van der Waals surface area contributed by atoms with E-state index < -0.39 is 5.91 Å². The molecule has 0 unspecified atom stereocenters. The van der Waals surface area contributed by atoms with Crippen molar-refractivity contribution in [3.63, 3.8) is 0 Å². The third-order valence-corrected chi connectivity index (χ3v) is 2.77. The molecule has 0 aliphatic carbocycles. The number of carbonyl (C=O) groups excluding carboxylic acids is 2. The van der Waals surface area contributed by atoms with Crippen LogP contribution in [0.25, 0.3) is 0 Å². The van der Waals surface area contributed by atoms with Crippen LogP contribution in [0.4, 0.5) is 5.69 Å². The van der Waals surface area contributed by atoms with Crippen molar-refractivity contribution in [3.05, 3.63) is 29.1 Å². The predicted molar refractivity (Wildman–Crippen MR) is 69.6 cm³/mol. The molecule has 2 aromatic rings. The maximum absolute atomic E-state index is 11.8. The highest BCUT2D eigenvalue weighted by molar-refractivity contribution is 6.05. The van der Waals surface area contributed by atoms with Crippen LogP contribution in [-0.4, -0.2) is 37.4 Å². The first kappa shape index (κ1) is 13.7. The molecular formula is C12H13N5O3. The lowest BCUT2D eigenvalue weighted by atomic mass is 10.0. The van der Waals surface area contributed by atoms with Gasteiger partial charge in [0.05, 0.1) is 11.3 Å². The molecule has 0 aliphatic rings. The zero-order chi connectivity index (χ0) is 14.7. The Morgan fingerprint density at radius 3 is 2.70 bits per heavy atom. The van der Waals surface area contributed by atoms with Crippen LogP contribution in [-0.2, 0) is 6.42 Å². The molecule has 0 atom stereocenters. The number of aromatic amines is 1. The number of rotatable bonds is 4. The number of H-pyrrole nitrogens is 1. The van der Waals surface area contributed by atoms with Gasteiger partial charge in [0.15, 0.2) is 5.78 Å². The van der Waals surface area contributed by atoms with Crippen LogP contribution in [0.5, 0.6) is 5.75 Å². The van der Waals surface area contributed by atoms with Gasteiger partial charge in [0.1, 0.15) is 5.75 Å². The molecule has 1 amide bonds. The molecule has 8 heteroatoms. The zero-order valence-electron chi connectivity index (χ0n) is 11.0. The number of carbonyl (C=O) groups is 2.